The van der Waals surface area contributed by atoms with Crippen molar-refractivity contribution in [2.45, 2.75) is 24.4 Å². The molecule has 3 N–H and O–H groups in total. The van der Waals surface area contributed by atoms with Gasteiger partial charge in [-0.1, -0.05) is 24.8 Å². The predicted octanol–water partition coefficient (Wildman–Crippen LogP) is 1.95. The smallest absolute Gasteiger partial charge is 0.257 e. The number of hydrogen-bond acceptors (Lipinski definition) is 6. The van der Waals surface area contributed by atoms with Crippen molar-refractivity contribution in [2.24, 2.45) is 0 Å². The van der Waals surface area contributed by atoms with Crippen LogP contribution >= 0.6 is 11.8 Å². The summed E-state index contributed by atoms with van der Waals surface area (Å²) in [6, 6.07) is 6.85. The van der Waals surface area contributed by atoms with Crippen LogP contribution in [0.15, 0.2) is 34.2 Å². The third-order valence-corrected chi connectivity index (χ3v) is 4.62. The van der Waals surface area contributed by atoms with Gasteiger partial charge < -0.3 is 20.4 Å². The minimum atomic E-state index is -0.915. The molecule has 0 fully saturated rings. The number of anilines is 2. The van der Waals surface area contributed by atoms with Crippen molar-refractivity contribution in [2.75, 3.05) is 23.5 Å². The van der Waals surface area contributed by atoms with Gasteiger partial charge in [-0.2, -0.15) is 0 Å². The number of methoxy groups -OCH3 is 1. The van der Waals surface area contributed by atoms with Crippen LogP contribution in [0.5, 0.6) is 5.75 Å². The van der Waals surface area contributed by atoms with E-state index in [-0.39, 0.29) is 23.7 Å². The fourth-order valence-corrected chi connectivity index (χ4v) is 3.30. The summed E-state index contributed by atoms with van der Waals surface area (Å²) >= 11 is 1.35. The number of benzene rings is 1. The number of carbonyl (C=O) groups is 2. The average molecular weight is 374 g/mol. The standard InChI is InChI=1S/C17H18N4O4S/c1-3-26-17-20-14-13(16(24)21-17)11(8-12(22)19-14)15(23)18-9-5-4-6-10(7-9)25-2/h4-7,11H,3,8H2,1-2H3,(H,18,23)(H2,19,20,21,22,24)/t11-/m0/s1. The third kappa shape index (κ3) is 3.72. The molecule has 2 heterocycles. The number of thioether (sulfide) groups is 1. The normalized spacial score (nSPS) is 15.8. The lowest BCUT2D eigenvalue weighted by Crippen LogP contribution is -2.36. The van der Waals surface area contributed by atoms with Gasteiger partial charge in [0.1, 0.15) is 11.6 Å². The second-order valence-electron chi connectivity index (χ2n) is 5.59. The van der Waals surface area contributed by atoms with Gasteiger partial charge in [-0.05, 0) is 17.9 Å². The fourth-order valence-electron chi connectivity index (χ4n) is 2.71. The lowest BCUT2D eigenvalue weighted by Gasteiger charge is -2.23. The molecule has 1 aliphatic heterocycles. The first-order chi connectivity index (χ1) is 12.5. The van der Waals surface area contributed by atoms with Crippen molar-refractivity contribution in [1.82, 2.24) is 9.97 Å². The Labute approximate surface area is 153 Å². The first kappa shape index (κ1) is 18.0. The lowest BCUT2D eigenvalue weighted by molar-refractivity contribution is -0.123. The molecule has 0 saturated carbocycles. The third-order valence-electron chi connectivity index (χ3n) is 3.86. The van der Waals surface area contributed by atoms with Gasteiger partial charge >= 0.3 is 0 Å². The van der Waals surface area contributed by atoms with Crippen molar-refractivity contribution >= 4 is 35.1 Å². The van der Waals surface area contributed by atoms with E-state index in [9.17, 15) is 14.4 Å². The average Bonchev–Trinajstić information content (AvgIpc) is 2.61. The van der Waals surface area contributed by atoms with Crippen LogP contribution in [-0.4, -0.2) is 34.6 Å². The van der Waals surface area contributed by atoms with E-state index in [1.807, 2.05) is 6.92 Å². The number of carbonyl (C=O) groups excluding carboxylic acids is 2. The number of rotatable bonds is 5. The molecule has 0 unspecified atom stereocenters. The molecule has 3 rings (SSSR count). The summed E-state index contributed by atoms with van der Waals surface area (Å²) in [5.41, 5.74) is 0.270. The molecular weight excluding hydrogens is 356 g/mol. The number of amides is 2. The summed E-state index contributed by atoms with van der Waals surface area (Å²) in [6.07, 6.45) is -0.117. The number of nitrogens with one attached hydrogen (secondary N) is 3. The van der Waals surface area contributed by atoms with Crippen LogP contribution in [-0.2, 0) is 9.59 Å². The monoisotopic (exact) mass is 374 g/mol. The first-order valence-electron chi connectivity index (χ1n) is 8.03. The van der Waals surface area contributed by atoms with Crippen molar-refractivity contribution in [3.05, 3.63) is 40.2 Å². The number of fused-ring (bicyclic) bond motifs is 1. The highest BCUT2D eigenvalue weighted by Crippen LogP contribution is 2.30. The number of hydrogen-bond donors (Lipinski definition) is 3. The van der Waals surface area contributed by atoms with E-state index in [1.165, 1.54) is 18.9 Å². The Morgan fingerprint density at radius 3 is 2.96 bits per heavy atom. The first-order valence-corrected chi connectivity index (χ1v) is 9.02. The zero-order chi connectivity index (χ0) is 18.7. The number of H-pyrrole nitrogens is 1. The van der Waals surface area contributed by atoms with Gasteiger partial charge in [-0.25, -0.2) is 4.98 Å². The number of nitrogens with zero attached hydrogens (tertiary/aromatic N) is 1. The minimum Gasteiger partial charge on any atom is -0.497 e. The van der Waals surface area contributed by atoms with Gasteiger partial charge in [0.05, 0.1) is 18.6 Å². The number of aromatic nitrogens is 2. The van der Waals surface area contributed by atoms with Crippen molar-refractivity contribution < 1.29 is 14.3 Å². The van der Waals surface area contributed by atoms with Gasteiger partial charge in [-0.15, -0.1) is 0 Å². The highest BCUT2D eigenvalue weighted by Gasteiger charge is 2.34. The summed E-state index contributed by atoms with van der Waals surface area (Å²) in [7, 11) is 1.53. The van der Waals surface area contributed by atoms with E-state index in [1.54, 1.807) is 24.3 Å². The molecular formula is C17H18N4O4S. The van der Waals surface area contributed by atoms with Crippen LogP contribution in [0.4, 0.5) is 11.5 Å². The van der Waals surface area contributed by atoms with E-state index in [2.05, 4.69) is 20.6 Å². The number of aromatic amines is 1. The second-order valence-corrected chi connectivity index (χ2v) is 6.85. The maximum absolute atomic E-state index is 12.7. The van der Waals surface area contributed by atoms with Gasteiger partial charge in [0.2, 0.25) is 11.8 Å². The van der Waals surface area contributed by atoms with Crippen LogP contribution in [0.2, 0.25) is 0 Å². The SMILES string of the molecule is CCSc1nc2c(c(=O)[nH]1)[C@@H](C(=O)Nc1cccc(OC)c1)CC(=O)N2. The van der Waals surface area contributed by atoms with Crippen molar-refractivity contribution in [1.29, 1.82) is 0 Å². The molecule has 1 aromatic carbocycles. The molecule has 1 atom stereocenters. The molecule has 1 aromatic heterocycles. The van der Waals surface area contributed by atoms with Crippen LogP contribution in [0.3, 0.4) is 0 Å². The van der Waals surface area contributed by atoms with E-state index in [0.717, 1.165) is 5.75 Å². The zero-order valence-electron chi connectivity index (χ0n) is 14.3. The van der Waals surface area contributed by atoms with E-state index >= 15 is 0 Å². The molecule has 0 bridgehead atoms. The number of ether oxygens (including phenoxy) is 1. The maximum atomic E-state index is 12.7. The van der Waals surface area contributed by atoms with Gasteiger partial charge in [0, 0.05) is 18.2 Å². The maximum Gasteiger partial charge on any atom is 0.257 e. The second kappa shape index (κ2) is 7.61. The topological polar surface area (TPSA) is 113 Å². The zero-order valence-corrected chi connectivity index (χ0v) is 15.1. The van der Waals surface area contributed by atoms with Crippen molar-refractivity contribution in [3.63, 3.8) is 0 Å². The van der Waals surface area contributed by atoms with Gasteiger partial charge in [0.25, 0.3) is 5.56 Å². The van der Waals surface area contributed by atoms with E-state index in [4.69, 9.17) is 4.74 Å². The predicted molar refractivity (Wildman–Crippen MR) is 98.9 cm³/mol. The summed E-state index contributed by atoms with van der Waals surface area (Å²) < 4.78 is 5.13. The molecule has 136 valence electrons. The van der Waals surface area contributed by atoms with Crippen LogP contribution in [0.25, 0.3) is 0 Å². The Morgan fingerprint density at radius 1 is 1.42 bits per heavy atom. The molecule has 2 amide bonds. The summed E-state index contributed by atoms with van der Waals surface area (Å²) in [5, 5.41) is 5.72. The molecule has 1 aliphatic rings. The molecule has 0 radical (unpaired) electrons. The summed E-state index contributed by atoms with van der Waals surface area (Å²) in [4.78, 5) is 44.1. The molecule has 8 nitrogen and oxygen atoms in total. The Bertz CT molecular complexity index is 912. The van der Waals surface area contributed by atoms with E-state index in [0.29, 0.717) is 16.6 Å². The minimum absolute atomic E-state index is 0.117. The quantitative estimate of drug-likeness (QED) is 0.545. The van der Waals surface area contributed by atoms with Crippen LogP contribution in [0, 0.1) is 0 Å². The highest BCUT2D eigenvalue weighted by atomic mass is 32.2. The van der Waals surface area contributed by atoms with Gasteiger partial charge in [0.15, 0.2) is 5.16 Å². The Balaban J connectivity index is 1.92. The highest BCUT2D eigenvalue weighted by molar-refractivity contribution is 7.99. The molecule has 0 spiro atoms. The molecule has 9 heteroatoms. The summed E-state index contributed by atoms with van der Waals surface area (Å²) in [5.74, 6) is -0.263. The molecule has 26 heavy (non-hydrogen) atoms. The Morgan fingerprint density at radius 2 is 2.23 bits per heavy atom. The van der Waals surface area contributed by atoms with Crippen molar-refractivity contribution in [3.8, 4) is 5.75 Å². The molecule has 2 aromatic rings. The Hall–Kier alpha value is -2.81. The van der Waals surface area contributed by atoms with Crippen LogP contribution in [0.1, 0.15) is 24.8 Å². The van der Waals surface area contributed by atoms with E-state index < -0.39 is 17.4 Å². The van der Waals surface area contributed by atoms with Gasteiger partial charge in [-0.3, -0.25) is 14.4 Å². The summed E-state index contributed by atoms with van der Waals surface area (Å²) in [6.45, 7) is 1.92. The van der Waals surface area contributed by atoms with Crippen LogP contribution < -0.4 is 20.9 Å². The lowest BCUT2D eigenvalue weighted by atomic mass is 9.92. The molecule has 0 aliphatic carbocycles. The fraction of sp³-hybridized carbons (Fsp3) is 0.294. The molecule has 0 saturated heterocycles. The largest absolute Gasteiger partial charge is 0.497 e. The Kier molecular flexibility index (Phi) is 5.27.